The zero-order valence-corrected chi connectivity index (χ0v) is 14.0. The number of nitrogens with two attached hydrogens (primary N) is 1. The number of aliphatic hydroxyl groups excluding tert-OH is 1. The summed E-state index contributed by atoms with van der Waals surface area (Å²) in [5, 5.41) is 12.0. The van der Waals surface area contributed by atoms with Crippen LogP contribution in [0.25, 0.3) is 21.8 Å². The summed E-state index contributed by atoms with van der Waals surface area (Å²) in [4.78, 5) is 45.1. The number of aliphatic hydroxyl groups is 1. The lowest BCUT2D eigenvalue weighted by Gasteiger charge is -2.16. The molecule has 26 heavy (non-hydrogen) atoms. The van der Waals surface area contributed by atoms with E-state index in [1.54, 1.807) is 6.92 Å². The Morgan fingerprint density at radius 1 is 1.50 bits per heavy atom. The first-order valence-corrected chi connectivity index (χ1v) is 7.78. The van der Waals surface area contributed by atoms with E-state index in [0.29, 0.717) is 11.1 Å². The number of nitrogens with one attached hydrogen (secondary N) is 2. The molecule has 0 atom stereocenters. The normalized spacial score (nSPS) is 11.0. The molecule has 0 aliphatic carbocycles. The van der Waals surface area contributed by atoms with E-state index in [1.165, 1.54) is 18.5 Å². The predicted octanol–water partition coefficient (Wildman–Crippen LogP) is -0.00578. The Balaban J connectivity index is 2.55. The molecule has 134 valence electrons. The minimum atomic E-state index is -0.597. The largest absolute Gasteiger partial charge is 0.395 e. The van der Waals surface area contributed by atoms with E-state index < -0.39 is 16.9 Å². The average molecular weight is 355 g/mol. The molecule has 0 bridgehead atoms. The number of nitrogen functional groups attached to an aromatic ring is 1. The lowest BCUT2D eigenvalue weighted by atomic mass is 10.0. The van der Waals surface area contributed by atoms with E-state index in [9.17, 15) is 19.5 Å². The van der Waals surface area contributed by atoms with E-state index in [2.05, 4.69) is 21.9 Å². The van der Waals surface area contributed by atoms with E-state index in [4.69, 9.17) is 5.73 Å². The molecule has 1 amide bonds. The van der Waals surface area contributed by atoms with Gasteiger partial charge in [0.05, 0.1) is 22.9 Å². The van der Waals surface area contributed by atoms with Crippen molar-refractivity contribution in [2.24, 2.45) is 0 Å². The molecule has 0 spiro atoms. The quantitative estimate of drug-likeness (QED) is 0.485. The molecule has 0 saturated carbocycles. The molecule has 3 rings (SSSR count). The Bertz CT molecular complexity index is 1180. The van der Waals surface area contributed by atoms with Gasteiger partial charge >= 0.3 is 0 Å². The van der Waals surface area contributed by atoms with Crippen molar-refractivity contribution in [2.75, 3.05) is 12.3 Å². The molecule has 5 N–H and O–H groups in total. The molecule has 0 aromatic carbocycles. The van der Waals surface area contributed by atoms with Crippen LogP contribution in [-0.2, 0) is 6.54 Å². The molecule has 0 unspecified atom stereocenters. The van der Waals surface area contributed by atoms with Crippen LogP contribution in [0.1, 0.15) is 16.1 Å². The van der Waals surface area contributed by atoms with Crippen LogP contribution in [0.2, 0.25) is 0 Å². The zero-order chi connectivity index (χ0) is 19.0. The molecular weight excluding hydrogens is 338 g/mol. The third-order valence-corrected chi connectivity index (χ3v) is 4.14. The minimum absolute atomic E-state index is 0.00953. The highest BCUT2D eigenvalue weighted by atomic mass is 16.3. The van der Waals surface area contributed by atoms with Gasteiger partial charge in [-0.05, 0) is 18.7 Å². The van der Waals surface area contributed by atoms with Crippen molar-refractivity contribution in [1.82, 2.24) is 19.9 Å². The number of nitrogens with zero attached hydrogens (tertiary/aromatic N) is 2. The molecule has 0 radical (unpaired) electrons. The number of rotatable bonds is 4. The second kappa shape index (κ2) is 6.45. The van der Waals surface area contributed by atoms with Crippen molar-refractivity contribution in [2.45, 2.75) is 13.5 Å². The molecule has 3 aromatic heterocycles. The summed E-state index contributed by atoms with van der Waals surface area (Å²) >= 11 is 0. The first-order valence-electron chi connectivity index (χ1n) is 7.78. The van der Waals surface area contributed by atoms with Gasteiger partial charge in [-0.3, -0.25) is 19.0 Å². The summed E-state index contributed by atoms with van der Waals surface area (Å²) in [5.74, 6) is -0.401. The molecule has 9 nitrogen and oxygen atoms in total. The van der Waals surface area contributed by atoms with Gasteiger partial charge in [-0.25, -0.2) is 4.98 Å². The SMILES string of the molecule is C=CNC(=O)c1c(C)c2c(=O)c3cnc(N)cc3[nH]c2c(=O)n1CCO. The van der Waals surface area contributed by atoms with Crippen molar-refractivity contribution >= 4 is 33.5 Å². The molecule has 9 heteroatoms. The second-order valence-electron chi connectivity index (χ2n) is 5.69. The van der Waals surface area contributed by atoms with Gasteiger partial charge in [-0.2, -0.15) is 0 Å². The standard InChI is InChI=1S/C17H17N5O4/c1-3-19-16(25)14-8(2)12-13(17(26)22(14)4-5-23)21-10-6-11(18)20-7-9(10)15(12)24/h3,6-7,23H,1,4-5H2,2H3,(H2,18,20)(H,19,25)(H,21,24). The van der Waals surface area contributed by atoms with Crippen molar-refractivity contribution in [3.05, 3.63) is 56.9 Å². The third kappa shape index (κ3) is 2.54. The fourth-order valence-corrected chi connectivity index (χ4v) is 3.04. The molecule has 0 aliphatic heterocycles. The number of hydrogen-bond donors (Lipinski definition) is 4. The highest BCUT2D eigenvalue weighted by molar-refractivity contribution is 6.01. The van der Waals surface area contributed by atoms with Crippen molar-refractivity contribution in [1.29, 1.82) is 0 Å². The fraction of sp³-hybridized carbons (Fsp3) is 0.176. The second-order valence-corrected chi connectivity index (χ2v) is 5.69. The number of carbonyl (C=O) groups is 1. The summed E-state index contributed by atoms with van der Waals surface area (Å²) < 4.78 is 1.13. The van der Waals surface area contributed by atoms with E-state index in [0.717, 1.165) is 4.57 Å². The fourth-order valence-electron chi connectivity index (χ4n) is 3.04. The van der Waals surface area contributed by atoms with Gasteiger partial charge in [0.2, 0.25) is 0 Å². The molecular formula is C17H17N5O4. The highest BCUT2D eigenvalue weighted by Gasteiger charge is 2.22. The van der Waals surface area contributed by atoms with Crippen LogP contribution in [0.3, 0.4) is 0 Å². The number of carbonyl (C=O) groups excluding carboxylic acids is 1. The Morgan fingerprint density at radius 3 is 2.88 bits per heavy atom. The molecule has 0 aliphatic rings. The number of aromatic nitrogens is 3. The number of amides is 1. The minimum Gasteiger partial charge on any atom is -0.395 e. The monoisotopic (exact) mass is 355 g/mol. The average Bonchev–Trinajstić information content (AvgIpc) is 2.59. The number of anilines is 1. The number of aryl methyl sites for hydroxylation is 1. The van der Waals surface area contributed by atoms with Gasteiger partial charge in [0.15, 0.2) is 5.43 Å². The third-order valence-electron chi connectivity index (χ3n) is 4.14. The number of aromatic amines is 1. The molecule has 0 fully saturated rings. The van der Waals surface area contributed by atoms with Crippen molar-refractivity contribution < 1.29 is 9.90 Å². The first kappa shape index (κ1) is 17.4. The summed E-state index contributed by atoms with van der Waals surface area (Å²) in [7, 11) is 0. The van der Waals surface area contributed by atoms with Gasteiger partial charge in [0, 0.05) is 18.8 Å². The number of H-pyrrole nitrogens is 1. The van der Waals surface area contributed by atoms with Crippen molar-refractivity contribution in [3.63, 3.8) is 0 Å². The maximum atomic E-state index is 12.9. The Labute approximate surface area is 146 Å². The van der Waals surface area contributed by atoms with Gasteiger partial charge in [0.1, 0.15) is 17.0 Å². The lowest BCUT2D eigenvalue weighted by Crippen LogP contribution is -2.34. The summed E-state index contributed by atoms with van der Waals surface area (Å²) in [6, 6.07) is 1.46. The first-order chi connectivity index (χ1) is 12.4. The summed E-state index contributed by atoms with van der Waals surface area (Å²) in [5.41, 5.74) is 5.33. The smallest absolute Gasteiger partial charge is 0.275 e. The van der Waals surface area contributed by atoms with Crippen molar-refractivity contribution in [3.8, 4) is 0 Å². The predicted molar refractivity (Wildman–Crippen MR) is 98.0 cm³/mol. The maximum Gasteiger partial charge on any atom is 0.275 e. The van der Waals surface area contributed by atoms with Crippen LogP contribution in [0, 0.1) is 6.92 Å². The van der Waals surface area contributed by atoms with Crippen LogP contribution in [0.5, 0.6) is 0 Å². The number of pyridine rings is 3. The molecule has 3 aromatic rings. The molecule has 0 saturated heterocycles. The van der Waals surface area contributed by atoms with Crippen LogP contribution in [0.4, 0.5) is 5.82 Å². The Kier molecular flexibility index (Phi) is 4.31. The van der Waals surface area contributed by atoms with Crippen LogP contribution >= 0.6 is 0 Å². The lowest BCUT2D eigenvalue weighted by molar-refractivity contribution is 0.0958. The van der Waals surface area contributed by atoms with Crippen LogP contribution in [0.15, 0.2) is 34.6 Å². The zero-order valence-electron chi connectivity index (χ0n) is 14.0. The van der Waals surface area contributed by atoms with E-state index in [1.807, 2.05) is 0 Å². The highest BCUT2D eigenvalue weighted by Crippen LogP contribution is 2.19. The molecule has 3 heterocycles. The summed E-state index contributed by atoms with van der Waals surface area (Å²) in [6.45, 7) is 4.54. The van der Waals surface area contributed by atoms with E-state index in [-0.39, 0.29) is 41.0 Å². The van der Waals surface area contributed by atoms with Crippen LogP contribution in [-0.4, -0.2) is 32.2 Å². The van der Waals surface area contributed by atoms with Gasteiger partial charge in [-0.1, -0.05) is 6.58 Å². The van der Waals surface area contributed by atoms with Gasteiger partial charge < -0.3 is 21.1 Å². The van der Waals surface area contributed by atoms with E-state index >= 15 is 0 Å². The topological polar surface area (TPSA) is 143 Å². The van der Waals surface area contributed by atoms with Gasteiger partial charge in [-0.15, -0.1) is 0 Å². The van der Waals surface area contributed by atoms with Gasteiger partial charge in [0.25, 0.3) is 11.5 Å². The summed E-state index contributed by atoms with van der Waals surface area (Å²) in [6.07, 6.45) is 2.50. The Morgan fingerprint density at radius 2 is 2.23 bits per heavy atom. The Hall–Kier alpha value is -3.46. The van der Waals surface area contributed by atoms with Crippen LogP contribution < -0.4 is 22.0 Å². The number of fused-ring (bicyclic) bond motifs is 2. The number of hydrogen-bond acceptors (Lipinski definition) is 6. The maximum absolute atomic E-state index is 12.9.